The molecule has 3 nitrogen and oxygen atoms in total. The lowest BCUT2D eigenvalue weighted by Crippen LogP contribution is -2.53. The van der Waals surface area contributed by atoms with E-state index >= 15 is 0 Å². The van der Waals surface area contributed by atoms with Crippen molar-refractivity contribution in [1.82, 2.24) is 10.2 Å². The van der Waals surface area contributed by atoms with Gasteiger partial charge in [0.2, 0.25) is 0 Å². The van der Waals surface area contributed by atoms with Gasteiger partial charge >= 0.3 is 0 Å². The normalized spacial score (nSPS) is 23.2. The van der Waals surface area contributed by atoms with Crippen molar-refractivity contribution in [3.05, 3.63) is 29.6 Å². The number of hydrogen-bond acceptors (Lipinski definition) is 3. The monoisotopic (exact) mass is 302 g/mol. The predicted molar refractivity (Wildman–Crippen MR) is 82.2 cm³/mol. The van der Waals surface area contributed by atoms with Crippen LogP contribution in [0, 0.1) is 5.82 Å². The smallest absolute Gasteiger partial charge is 0.165 e. The lowest BCUT2D eigenvalue weighted by molar-refractivity contribution is 0.138. The van der Waals surface area contributed by atoms with Gasteiger partial charge in [-0.3, -0.25) is 4.90 Å². The molecule has 1 aliphatic heterocycles. The summed E-state index contributed by atoms with van der Waals surface area (Å²) in [6, 6.07) is 6.23. The van der Waals surface area contributed by atoms with Crippen LogP contribution >= 0.6 is 12.4 Å². The third kappa shape index (κ3) is 4.33. The minimum atomic E-state index is -0.268. The average Bonchev–Trinajstić information content (AvgIpc) is 2.37. The van der Waals surface area contributed by atoms with Crippen molar-refractivity contribution >= 4 is 12.4 Å². The molecule has 2 unspecified atom stereocenters. The van der Waals surface area contributed by atoms with Crippen molar-refractivity contribution in [2.45, 2.75) is 39.4 Å². The lowest BCUT2D eigenvalue weighted by atomic mass is 10.1. The molecule has 2 rings (SSSR count). The molecule has 0 radical (unpaired) electrons. The van der Waals surface area contributed by atoms with Gasteiger partial charge in [0, 0.05) is 31.7 Å². The fourth-order valence-corrected chi connectivity index (χ4v) is 2.47. The Labute approximate surface area is 126 Å². The summed E-state index contributed by atoms with van der Waals surface area (Å²) < 4.78 is 19.0. The minimum absolute atomic E-state index is 0. The van der Waals surface area contributed by atoms with Crippen molar-refractivity contribution in [2.75, 3.05) is 19.7 Å². The summed E-state index contributed by atoms with van der Waals surface area (Å²) in [7, 11) is 0. The van der Waals surface area contributed by atoms with Crippen LogP contribution in [0.5, 0.6) is 5.75 Å². The maximum absolute atomic E-state index is 13.8. The van der Waals surface area contributed by atoms with Gasteiger partial charge < -0.3 is 10.1 Å². The van der Waals surface area contributed by atoms with Gasteiger partial charge in [0.15, 0.2) is 11.6 Å². The molecule has 5 heteroatoms. The van der Waals surface area contributed by atoms with E-state index in [9.17, 15) is 4.39 Å². The number of nitrogens with one attached hydrogen (secondary N) is 1. The Bertz CT molecular complexity index is 430. The highest BCUT2D eigenvalue weighted by Gasteiger charge is 2.22. The Morgan fingerprint density at radius 1 is 1.40 bits per heavy atom. The molecule has 0 bridgehead atoms. The third-order valence-corrected chi connectivity index (χ3v) is 3.58. The van der Waals surface area contributed by atoms with Crippen molar-refractivity contribution < 1.29 is 9.13 Å². The van der Waals surface area contributed by atoms with E-state index in [1.54, 1.807) is 12.1 Å². The van der Waals surface area contributed by atoms with E-state index in [4.69, 9.17) is 4.74 Å². The SMILES string of the molecule is CCOc1ccc(CN2CC(C)NCC2C)cc1F.Cl. The zero-order chi connectivity index (χ0) is 13.8. The molecule has 20 heavy (non-hydrogen) atoms. The maximum atomic E-state index is 13.8. The summed E-state index contributed by atoms with van der Waals surface area (Å²) in [5, 5.41) is 3.45. The van der Waals surface area contributed by atoms with Gasteiger partial charge in [-0.15, -0.1) is 12.4 Å². The van der Waals surface area contributed by atoms with Gasteiger partial charge in [-0.25, -0.2) is 4.39 Å². The molecule has 1 N–H and O–H groups in total. The summed E-state index contributed by atoms with van der Waals surface area (Å²) >= 11 is 0. The first-order valence-electron chi connectivity index (χ1n) is 6.98. The summed E-state index contributed by atoms with van der Waals surface area (Å²) in [6.45, 7) is 9.49. The molecule has 1 fully saturated rings. The maximum Gasteiger partial charge on any atom is 0.165 e. The summed E-state index contributed by atoms with van der Waals surface area (Å²) in [6.07, 6.45) is 0. The van der Waals surface area contributed by atoms with E-state index in [1.807, 2.05) is 13.0 Å². The molecular weight excluding hydrogens is 279 g/mol. The molecule has 114 valence electrons. The van der Waals surface area contributed by atoms with E-state index in [1.165, 1.54) is 0 Å². The van der Waals surface area contributed by atoms with E-state index in [-0.39, 0.29) is 18.2 Å². The Hall–Kier alpha value is -0.840. The predicted octanol–water partition coefficient (Wildman–Crippen LogP) is 2.83. The molecule has 2 atom stereocenters. The Kier molecular flexibility index (Phi) is 6.72. The second-order valence-corrected chi connectivity index (χ2v) is 5.29. The third-order valence-electron chi connectivity index (χ3n) is 3.58. The molecule has 1 aromatic rings. The van der Waals surface area contributed by atoms with Crippen LogP contribution < -0.4 is 10.1 Å². The molecule has 0 aliphatic carbocycles. The first-order chi connectivity index (χ1) is 9.10. The topological polar surface area (TPSA) is 24.5 Å². The van der Waals surface area contributed by atoms with Gasteiger partial charge in [0.05, 0.1) is 6.61 Å². The van der Waals surface area contributed by atoms with Crippen LogP contribution in [-0.2, 0) is 6.54 Å². The first-order valence-corrected chi connectivity index (χ1v) is 6.98. The van der Waals surface area contributed by atoms with Crippen molar-refractivity contribution in [3.8, 4) is 5.75 Å². The quantitative estimate of drug-likeness (QED) is 0.925. The number of hydrogen-bond donors (Lipinski definition) is 1. The summed E-state index contributed by atoms with van der Waals surface area (Å²) in [5.41, 5.74) is 1.00. The van der Waals surface area contributed by atoms with Crippen LogP contribution in [0.2, 0.25) is 0 Å². The van der Waals surface area contributed by atoms with Crippen LogP contribution in [0.4, 0.5) is 4.39 Å². The molecule has 1 saturated heterocycles. The van der Waals surface area contributed by atoms with Crippen molar-refractivity contribution in [1.29, 1.82) is 0 Å². The second kappa shape index (κ2) is 7.81. The van der Waals surface area contributed by atoms with Crippen LogP contribution in [0.1, 0.15) is 26.3 Å². The summed E-state index contributed by atoms with van der Waals surface area (Å²) in [5.74, 6) is 0.0724. The number of ether oxygens (including phenoxy) is 1. The Morgan fingerprint density at radius 2 is 2.15 bits per heavy atom. The fourth-order valence-electron chi connectivity index (χ4n) is 2.47. The first kappa shape index (κ1) is 17.2. The fraction of sp³-hybridized carbons (Fsp3) is 0.600. The number of piperazine rings is 1. The van der Waals surface area contributed by atoms with Gasteiger partial charge in [-0.05, 0) is 38.5 Å². The summed E-state index contributed by atoms with van der Waals surface area (Å²) in [4.78, 5) is 2.39. The van der Waals surface area contributed by atoms with E-state index in [0.717, 1.165) is 25.2 Å². The lowest BCUT2D eigenvalue weighted by Gasteiger charge is -2.37. The van der Waals surface area contributed by atoms with E-state index in [0.29, 0.717) is 24.4 Å². The van der Waals surface area contributed by atoms with Gasteiger partial charge in [0.25, 0.3) is 0 Å². The highest BCUT2D eigenvalue weighted by molar-refractivity contribution is 5.85. The zero-order valence-corrected chi connectivity index (χ0v) is 13.2. The van der Waals surface area contributed by atoms with Crippen LogP contribution in [0.3, 0.4) is 0 Å². The number of rotatable bonds is 4. The Morgan fingerprint density at radius 3 is 2.80 bits per heavy atom. The van der Waals surface area contributed by atoms with Gasteiger partial charge in [0.1, 0.15) is 0 Å². The van der Waals surface area contributed by atoms with Crippen LogP contribution in [0.15, 0.2) is 18.2 Å². The highest BCUT2D eigenvalue weighted by atomic mass is 35.5. The molecular formula is C15H24ClFN2O. The zero-order valence-electron chi connectivity index (χ0n) is 12.4. The standard InChI is InChI=1S/C15H23FN2O.ClH/c1-4-19-15-6-5-13(7-14(15)16)10-18-9-11(2)17-8-12(18)3;/h5-7,11-12,17H,4,8-10H2,1-3H3;1H. The minimum Gasteiger partial charge on any atom is -0.491 e. The van der Waals surface area contributed by atoms with Crippen LogP contribution in [0.25, 0.3) is 0 Å². The van der Waals surface area contributed by atoms with E-state index < -0.39 is 0 Å². The molecule has 1 aromatic carbocycles. The molecule has 0 aromatic heterocycles. The molecule has 0 amide bonds. The average molecular weight is 303 g/mol. The Balaban J connectivity index is 0.00000200. The highest BCUT2D eigenvalue weighted by Crippen LogP contribution is 2.20. The molecule has 0 saturated carbocycles. The van der Waals surface area contributed by atoms with Gasteiger partial charge in [-0.2, -0.15) is 0 Å². The molecule has 0 spiro atoms. The molecule has 1 heterocycles. The number of benzene rings is 1. The van der Waals surface area contributed by atoms with Crippen LogP contribution in [-0.4, -0.2) is 36.7 Å². The molecule has 1 aliphatic rings. The number of nitrogens with zero attached hydrogens (tertiary/aromatic N) is 1. The van der Waals surface area contributed by atoms with Crippen molar-refractivity contribution in [2.24, 2.45) is 0 Å². The second-order valence-electron chi connectivity index (χ2n) is 5.29. The van der Waals surface area contributed by atoms with E-state index in [2.05, 4.69) is 24.1 Å². The largest absolute Gasteiger partial charge is 0.491 e. The van der Waals surface area contributed by atoms with Gasteiger partial charge in [-0.1, -0.05) is 6.07 Å². The van der Waals surface area contributed by atoms with Crippen molar-refractivity contribution in [3.63, 3.8) is 0 Å². The number of halogens is 2.